The van der Waals surface area contributed by atoms with Crippen LogP contribution in [0.3, 0.4) is 0 Å². The highest BCUT2D eigenvalue weighted by Gasteiger charge is 2.05. The molecular weight excluding hydrogens is 198 g/mol. The standard InChI is InChI=1S/C14H19NO/c1-3-4-5-11-6-7-14-13(8-11)12(9-15-2)10-16-14/h6-8,10,15H,3-5,9H2,1-2H3. The van der Waals surface area contributed by atoms with Crippen molar-refractivity contribution in [2.24, 2.45) is 0 Å². The third kappa shape index (κ3) is 2.27. The first-order valence-corrected chi connectivity index (χ1v) is 5.98. The van der Waals surface area contributed by atoms with Gasteiger partial charge in [-0.3, -0.25) is 0 Å². The van der Waals surface area contributed by atoms with Crippen molar-refractivity contribution < 1.29 is 4.42 Å². The molecule has 2 rings (SSSR count). The maximum absolute atomic E-state index is 5.52. The van der Waals surface area contributed by atoms with Crippen molar-refractivity contribution in [2.45, 2.75) is 32.7 Å². The van der Waals surface area contributed by atoms with E-state index in [1.54, 1.807) is 0 Å². The summed E-state index contributed by atoms with van der Waals surface area (Å²) < 4.78 is 5.52. The van der Waals surface area contributed by atoms with Crippen LogP contribution in [0.25, 0.3) is 11.0 Å². The van der Waals surface area contributed by atoms with Crippen LogP contribution in [0.4, 0.5) is 0 Å². The Kier molecular flexibility index (Phi) is 3.62. The number of rotatable bonds is 5. The predicted octanol–water partition coefficient (Wildman–Crippen LogP) is 3.49. The second-order valence-electron chi connectivity index (χ2n) is 4.23. The highest BCUT2D eigenvalue weighted by atomic mass is 16.3. The largest absolute Gasteiger partial charge is 0.464 e. The normalized spacial score (nSPS) is 11.1. The van der Waals surface area contributed by atoms with Crippen LogP contribution in [0.15, 0.2) is 28.9 Å². The van der Waals surface area contributed by atoms with Crippen LogP contribution >= 0.6 is 0 Å². The summed E-state index contributed by atoms with van der Waals surface area (Å²) in [5.74, 6) is 0. The van der Waals surface area contributed by atoms with Gasteiger partial charge >= 0.3 is 0 Å². The second-order valence-corrected chi connectivity index (χ2v) is 4.23. The van der Waals surface area contributed by atoms with Crippen LogP contribution in [-0.2, 0) is 13.0 Å². The Balaban J connectivity index is 2.30. The van der Waals surface area contributed by atoms with Gasteiger partial charge in [0.2, 0.25) is 0 Å². The number of hydrogen-bond acceptors (Lipinski definition) is 2. The van der Waals surface area contributed by atoms with Gasteiger partial charge in [0.25, 0.3) is 0 Å². The number of hydrogen-bond donors (Lipinski definition) is 1. The molecule has 0 aliphatic heterocycles. The fourth-order valence-electron chi connectivity index (χ4n) is 1.99. The lowest BCUT2D eigenvalue weighted by atomic mass is 10.0. The van der Waals surface area contributed by atoms with Gasteiger partial charge in [0.1, 0.15) is 5.58 Å². The monoisotopic (exact) mass is 217 g/mol. The number of furan rings is 1. The molecular formula is C14H19NO. The van der Waals surface area contributed by atoms with Gasteiger partial charge in [-0.05, 0) is 37.6 Å². The molecule has 0 unspecified atom stereocenters. The summed E-state index contributed by atoms with van der Waals surface area (Å²) in [5.41, 5.74) is 3.65. The lowest BCUT2D eigenvalue weighted by Gasteiger charge is -2.01. The van der Waals surface area contributed by atoms with E-state index in [4.69, 9.17) is 4.42 Å². The quantitative estimate of drug-likeness (QED) is 0.829. The molecule has 0 spiro atoms. The number of fused-ring (bicyclic) bond motifs is 1. The van der Waals surface area contributed by atoms with Gasteiger partial charge in [0.15, 0.2) is 0 Å². The van der Waals surface area contributed by atoms with E-state index >= 15 is 0 Å². The second kappa shape index (κ2) is 5.17. The van der Waals surface area contributed by atoms with Crippen molar-refractivity contribution >= 4 is 11.0 Å². The first-order chi connectivity index (χ1) is 7.85. The van der Waals surface area contributed by atoms with Crippen LogP contribution in [0.5, 0.6) is 0 Å². The predicted molar refractivity (Wildman–Crippen MR) is 67.6 cm³/mol. The number of benzene rings is 1. The zero-order chi connectivity index (χ0) is 11.4. The summed E-state index contributed by atoms with van der Waals surface area (Å²) in [6.07, 6.45) is 5.51. The molecule has 16 heavy (non-hydrogen) atoms. The molecule has 1 heterocycles. The zero-order valence-electron chi connectivity index (χ0n) is 10.0. The van der Waals surface area contributed by atoms with Crippen LogP contribution in [-0.4, -0.2) is 7.05 Å². The summed E-state index contributed by atoms with van der Waals surface area (Å²) in [6.45, 7) is 3.09. The molecule has 2 nitrogen and oxygen atoms in total. The molecule has 0 amide bonds. The molecule has 1 aromatic heterocycles. The Morgan fingerprint density at radius 1 is 1.31 bits per heavy atom. The third-order valence-electron chi connectivity index (χ3n) is 2.90. The fraction of sp³-hybridized carbons (Fsp3) is 0.429. The van der Waals surface area contributed by atoms with Crippen molar-refractivity contribution in [1.29, 1.82) is 0 Å². The van der Waals surface area contributed by atoms with Gasteiger partial charge in [-0.25, -0.2) is 0 Å². The highest BCUT2D eigenvalue weighted by Crippen LogP contribution is 2.23. The Bertz CT molecular complexity index is 459. The van der Waals surface area contributed by atoms with Gasteiger partial charge in [-0.2, -0.15) is 0 Å². The van der Waals surface area contributed by atoms with E-state index in [1.165, 1.54) is 29.4 Å². The van der Waals surface area contributed by atoms with E-state index in [0.29, 0.717) is 0 Å². The number of nitrogens with one attached hydrogen (secondary N) is 1. The molecule has 0 atom stereocenters. The van der Waals surface area contributed by atoms with Crippen LogP contribution < -0.4 is 5.32 Å². The Hall–Kier alpha value is -1.28. The van der Waals surface area contributed by atoms with Crippen molar-refractivity contribution in [2.75, 3.05) is 7.05 Å². The van der Waals surface area contributed by atoms with Crippen LogP contribution in [0.1, 0.15) is 30.9 Å². The molecule has 0 aliphatic carbocycles. The van der Waals surface area contributed by atoms with E-state index in [1.807, 2.05) is 13.3 Å². The lowest BCUT2D eigenvalue weighted by Crippen LogP contribution is -2.04. The summed E-state index contributed by atoms with van der Waals surface area (Å²) in [5, 5.41) is 4.42. The molecule has 1 aromatic carbocycles. The first-order valence-electron chi connectivity index (χ1n) is 5.98. The number of unbranched alkanes of at least 4 members (excludes halogenated alkanes) is 1. The Labute approximate surface area is 96.6 Å². The van der Waals surface area contributed by atoms with E-state index in [0.717, 1.165) is 18.5 Å². The molecule has 2 aromatic rings. The molecule has 0 radical (unpaired) electrons. The number of aryl methyl sites for hydroxylation is 1. The van der Waals surface area contributed by atoms with E-state index in [9.17, 15) is 0 Å². The average Bonchev–Trinajstić information content (AvgIpc) is 2.70. The lowest BCUT2D eigenvalue weighted by molar-refractivity contribution is 0.607. The zero-order valence-corrected chi connectivity index (χ0v) is 10.0. The topological polar surface area (TPSA) is 25.2 Å². The maximum atomic E-state index is 5.52. The smallest absolute Gasteiger partial charge is 0.134 e. The summed E-state index contributed by atoms with van der Waals surface area (Å²) in [6, 6.07) is 6.52. The van der Waals surface area contributed by atoms with Crippen LogP contribution in [0.2, 0.25) is 0 Å². The first kappa shape index (κ1) is 11.2. The van der Waals surface area contributed by atoms with E-state index in [-0.39, 0.29) is 0 Å². The highest BCUT2D eigenvalue weighted by molar-refractivity contribution is 5.81. The summed E-state index contributed by atoms with van der Waals surface area (Å²) in [7, 11) is 1.96. The molecule has 0 fully saturated rings. The van der Waals surface area contributed by atoms with E-state index in [2.05, 4.69) is 30.4 Å². The SMILES string of the molecule is CCCCc1ccc2occ(CNC)c2c1. The van der Waals surface area contributed by atoms with Gasteiger partial charge in [0, 0.05) is 17.5 Å². The molecule has 0 bridgehead atoms. The Morgan fingerprint density at radius 3 is 2.94 bits per heavy atom. The van der Waals surface area contributed by atoms with Crippen molar-refractivity contribution in [3.8, 4) is 0 Å². The minimum atomic E-state index is 0.865. The molecule has 86 valence electrons. The fourth-order valence-corrected chi connectivity index (χ4v) is 1.99. The van der Waals surface area contributed by atoms with Crippen molar-refractivity contribution in [1.82, 2.24) is 5.32 Å². The van der Waals surface area contributed by atoms with Crippen molar-refractivity contribution in [3.05, 3.63) is 35.6 Å². The molecule has 0 saturated carbocycles. The van der Waals surface area contributed by atoms with Crippen molar-refractivity contribution in [3.63, 3.8) is 0 Å². The van der Waals surface area contributed by atoms with Gasteiger partial charge in [-0.15, -0.1) is 0 Å². The minimum Gasteiger partial charge on any atom is -0.464 e. The van der Waals surface area contributed by atoms with Crippen LogP contribution in [0, 0.1) is 0 Å². The molecule has 1 N–H and O–H groups in total. The third-order valence-corrected chi connectivity index (χ3v) is 2.90. The molecule has 0 aliphatic rings. The van der Waals surface area contributed by atoms with Gasteiger partial charge < -0.3 is 9.73 Å². The Morgan fingerprint density at radius 2 is 2.19 bits per heavy atom. The minimum absolute atomic E-state index is 0.865. The molecule has 0 saturated heterocycles. The summed E-state index contributed by atoms with van der Waals surface area (Å²) in [4.78, 5) is 0. The van der Waals surface area contributed by atoms with Gasteiger partial charge in [-0.1, -0.05) is 19.4 Å². The molecule has 2 heteroatoms. The van der Waals surface area contributed by atoms with E-state index < -0.39 is 0 Å². The maximum Gasteiger partial charge on any atom is 0.134 e. The summed E-state index contributed by atoms with van der Waals surface area (Å²) >= 11 is 0. The van der Waals surface area contributed by atoms with Gasteiger partial charge in [0.05, 0.1) is 6.26 Å². The average molecular weight is 217 g/mol.